The van der Waals surface area contributed by atoms with Crippen LogP contribution in [0.4, 0.5) is 0 Å². The molecule has 0 aliphatic heterocycles. The summed E-state index contributed by atoms with van der Waals surface area (Å²) in [5.74, 6) is 0. The molecule has 0 heterocycles. The quantitative estimate of drug-likeness (QED) is 0.485. The summed E-state index contributed by atoms with van der Waals surface area (Å²) in [5, 5.41) is 0. The molecule has 0 spiro atoms. The lowest BCUT2D eigenvalue weighted by Gasteiger charge is -2.17. The third-order valence-electron chi connectivity index (χ3n) is 4.69. The van der Waals surface area contributed by atoms with Crippen LogP contribution in [0.1, 0.15) is 22.3 Å². The number of aryl methyl sites for hydroxylation is 4. The summed E-state index contributed by atoms with van der Waals surface area (Å²) in [6, 6.07) is 24.7. The molecule has 0 atom stereocenters. The minimum absolute atomic E-state index is 0.287. The predicted molar refractivity (Wildman–Crippen MR) is 127 cm³/mol. The van der Waals surface area contributed by atoms with Gasteiger partial charge in [-0.15, -0.1) is 0 Å². The third kappa shape index (κ3) is 6.69. The average Bonchev–Trinajstić information content (AvgIpc) is 2.60. The van der Waals surface area contributed by atoms with Crippen molar-refractivity contribution in [3.63, 3.8) is 0 Å². The first-order valence-electron chi connectivity index (χ1n) is 10.0. The van der Waals surface area contributed by atoms with Crippen molar-refractivity contribution < 1.29 is 4.48 Å². The van der Waals surface area contributed by atoms with E-state index in [4.69, 9.17) is 0 Å². The van der Waals surface area contributed by atoms with Gasteiger partial charge in [0, 0.05) is 0 Å². The summed E-state index contributed by atoms with van der Waals surface area (Å²) in [5.41, 5.74) is 9.37. The maximum atomic E-state index is 2.33. The van der Waals surface area contributed by atoms with Gasteiger partial charge in [0.15, 0.2) is 0 Å². The van der Waals surface area contributed by atoms with Gasteiger partial charge in [-0.1, -0.05) is 94.2 Å². The van der Waals surface area contributed by atoms with Crippen LogP contribution < -0.4 is 16.4 Å². The molecular weight excluding hydrogens is 337 g/mol. The topological polar surface area (TPSA) is 0 Å². The van der Waals surface area contributed by atoms with Crippen molar-refractivity contribution in [3.05, 3.63) is 89.0 Å². The molecule has 0 bridgehead atoms. The fraction of sp³-hybridized carbons (Fsp3) is 0.308. The van der Waals surface area contributed by atoms with Crippen LogP contribution in [-0.4, -0.2) is 39.4 Å². The fourth-order valence-corrected chi connectivity index (χ4v) is 3.04. The Hall–Kier alpha value is -2.32. The molecule has 3 rings (SSSR count). The molecule has 0 saturated heterocycles. The second-order valence-corrected chi connectivity index (χ2v) is 9.28. The minimum Gasteiger partial charge on any atom is -0.333 e. The lowest BCUT2D eigenvalue weighted by atomic mass is 9.36. The van der Waals surface area contributed by atoms with Crippen LogP contribution in [0.15, 0.2) is 66.7 Å². The molecular formula is C26H35BN+. The van der Waals surface area contributed by atoms with E-state index in [1.807, 2.05) is 0 Å². The molecule has 3 aromatic carbocycles. The van der Waals surface area contributed by atoms with Crippen molar-refractivity contribution in [2.45, 2.75) is 27.7 Å². The van der Waals surface area contributed by atoms with Gasteiger partial charge in [-0.25, -0.2) is 0 Å². The smallest absolute Gasteiger partial charge is 0.241 e. The summed E-state index contributed by atoms with van der Waals surface area (Å²) < 4.78 is 1.00. The van der Waals surface area contributed by atoms with Crippen LogP contribution in [0.2, 0.25) is 0 Å². The van der Waals surface area contributed by atoms with Gasteiger partial charge < -0.3 is 4.48 Å². The van der Waals surface area contributed by atoms with Crippen LogP contribution >= 0.6 is 0 Å². The van der Waals surface area contributed by atoms with Crippen molar-refractivity contribution in [1.82, 2.24) is 0 Å². The highest BCUT2D eigenvalue weighted by Gasteiger charge is 2.21. The Morgan fingerprint density at radius 1 is 0.500 bits per heavy atom. The van der Waals surface area contributed by atoms with E-state index in [0.717, 1.165) is 4.48 Å². The Balaban J connectivity index is 0.000000500. The molecule has 146 valence electrons. The van der Waals surface area contributed by atoms with Gasteiger partial charge in [0.25, 0.3) is 0 Å². The Labute approximate surface area is 172 Å². The summed E-state index contributed by atoms with van der Waals surface area (Å²) in [7, 11) is 8.50. The Kier molecular flexibility index (Phi) is 7.26. The predicted octanol–water partition coefficient (Wildman–Crippen LogP) is 3.76. The molecule has 0 radical (unpaired) electrons. The largest absolute Gasteiger partial charge is 0.333 e. The van der Waals surface area contributed by atoms with Gasteiger partial charge >= 0.3 is 0 Å². The molecule has 0 aliphatic rings. The van der Waals surface area contributed by atoms with E-state index in [2.05, 4.69) is 123 Å². The van der Waals surface area contributed by atoms with Crippen molar-refractivity contribution >= 4 is 23.1 Å². The summed E-state index contributed by atoms with van der Waals surface area (Å²) in [6.07, 6.45) is 0. The van der Waals surface area contributed by atoms with Crippen molar-refractivity contribution in [1.29, 1.82) is 0 Å². The lowest BCUT2D eigenvalue weighted by molar-refractivity contribution is -0.849. The monoisotopic (exact) mass is 372 g/mol. The van der Waals surface area contributed by atoms with E-state index in [1.54, 1.807) is 0 Å². The third-order valence-corrected chi connectivity index (χ3v) is 4.69. The Morgan fingerprint density at radius 2 is 0.857 bits per heavy atom. The van der Waals surface area contributed by atoms with E-state index in [-0.39, 0.29) is 6.71 Å². The molecule has 2 heteroatoms. The number of rotatable bonds is 3. The Morgan fingerprint density at radius 3 is 1.21 bits per heavy atom. The van der Waals surface area contributed by atoms with Crippen molar-refractivity contribution in [3.8, 4) is 0 Å². The van der Waals surface area contributed by atoms with E-state index in [1.165, 1.54) is 38.6 Å². The number of hydrogen-bond acceptors (Lipinski definition) is 0. The number of nitrogens with zero attached hydrogens (tertiary/aromatic N) is 1. The zero-order valence-electron chi connectivity index (χ0n) is 18.9. The highest BCUT2D eigenvalue weighted by atomic mass is 15.2. The van der Waals surface area contributed by atoms with Crippen LogP contribution in [0.3, 0.4) is 0 Å². The van der Waals surface area contributed by atoms with Crippen LogP contribution in [0.5, 0.6) is 0 Å². The van der Waals surface area contributed by atoms with E-state index >= 15 is 0 Å². The summed E-state index contributed by atoms with van der Waals surface area (Å²) in [6.45, 7) is 8.93. The Bertz CT molecular complexity index is 836. The number of quaternary nitrogens is 1. The molecule has 0 saturated carbocycles. The molecule has 0 fully saturated rings. The maximum Gasteiger partial charge on any atom is 0.241 e. The minimum atomic E-state index is 0.287. The molecule has 0 aromatic heterocycles. The molecule has 28 heavy (non-hydrogen) atoms. The first-order chi connectivity index (χ1) is 13.0. The molecule has 0 aliphatic carbocycles. The molecule has 0 amide bonds. The second kappa shape index (κ2) is 9.25. The first-order valence-corrected chi connectivity index (χ1v) is 10.0. The molecule has 0 N–H and O–H groups in total. The van der Waals surface area contributed by atoms with Gasteiger partial charge in [-0.3, -0.25) is 0 Å². The normalized spacial score (nSPS) is 10.9. The van der Waals surface area contributed by atoms with Gasteiger partial charge in [0.2, 0.25) is 6.71 Å². The van der Waals surface area contributed by atoms with Crippen molar-refractivity contribution in [2.75, 3.05) is 28.2 Å². The molecule has 0 unspecified atom stereocenters. The van der Waals surface area contributed by atoms with Gasteiger partial charge in [0.05, 0.1) is 28.2 Å². The molecule has 3 aromatic rings. The average molecular weight is 372 g/mol. The second-order valence-electron chi connectivity index (χ2n) is 9.28. The summed E-state index contributed by atoms with van der Waals surface area (Å²) >= 11 is 0. The maximum absolute atomic E-state index is 2.33. The zero-order chi connectivity index (χ0) is 20.9. The van der Waals surface area contributed by atoms with Crippen molar-refractivity contribution in [2.24, 2.45) is 0 Å². The highest BCUT2D eigenvalue weighted by Crippen LogP contribution is 2.06. The van der Waals surface area contributed by atoms with Gasteiger partial charge in [-0.2, -0.15) is 0 Å². The fourth-order valence-electron chi connectivity index (χ4n) is 3.04. The lowest BCUT2D eigenvalue weighted by Crippen LogP contribution is -2.52. The zero-order valence-corrected chi connectivity index (χ0v) is 18.9. The SMILES string of the molecule is C[N+](C)(C)C.Cc1ccc(B(c2ccc(C)cc2)c2ccc(C)c(C)c2)cc1. The van der Waals surface area contributed by atoms with E-state index in [9.17, 15) is 0 Å². The van der Waals surface area contributed by atoms with Crippen LogP contribution in [-0.2, 0) is 0 Å². The molecule has 1 nitrogen and oxygen atoms in total. The highest BCUT2D eigenvalue weighted by molar-refractivity contribution is 6.95. The van der Waals surface area contributed by atoms with Crippen LogP contribution in [0.25, 0.3) is 0 Å². The van der Waals surface area contributed by atoms with E-state index < -0.39 is 0 Å². The van der Waals surface area contributed by atoms with E-state index in [0.29, 0.717) is 0 Å². The van der Waals surface area contributed by atoms with Gasteiger partial charge in [0.1, 0.15) is 0 Å². The van der Waals surface area contributed by atoms with Gasteiger partial charge in [-0.05, 0) is 38.8 Å². The van der Waals surface area contributed by atoms with Crippen LogP contribution in [0, 0.1) is 27.7 Å². The standard InChI is InChI=1S/C22H23B.C4H12N/c1-16-5-10-20(11-6-16)23(21-12-7-17(2)8-13-21)22-14-9-18(3)19(4)15-22;1-5(2,3)4/h5-15H,1-4H3;1-4H3/q;+1. The summed E-state index contributed by atoms with van der Waals surface area (Å²) in [4.78, 5) is 0. The number of hydrogen-bond donors (Lipinski definition) is 0. The first kappa shape index (κ1) is 22.0. The number of benzene rings is 3.